The number of nitrogen functional groups attached to an aromatic ring is 1. The highest BCUT2D eigenvalue weighted by Gasteiger charge is 2.05. The molecule has 0 saturated carbocycles. The van der Waals surface area contributed by atoms with Crippen LogP contribution in [0.2, 0.25) is 0 Å². The van der Waals surface area contributed by atoms with Crippen LogP contribution in [0.4, 0.5) is 5.69 Å². The molecule has 0 unspecified atom stereocenters. The quantitative estimate of drug-likeness (QED) is 0.527. The molecule has 0 saturated heterocycles. The molecule has 0 bridgehead atoms. The molecule has 1 rings (SSSR count). The second kappa shape index (κ2) is 5.70. The van der Waals surface area contributed by atoms with Crippen molar-refractivity contribution in [2.75, 3.05) is 12.3 Å². The first-order chi connectivity index (χ1) is 7.54. The molecule has 1 aromatic carbocycles. The van der Waals surface area contributed by atoms with Crippen LogP contribution in [0.15, 0.2) is 28.7 Å². The molecule has 16 heavy (non-hydrogen) atoms. The molecule has 86 valence electrons. The number of hydrogen-bond donors (Lipinski definition) is 1. The molecule has 0 heterocycles. The summed E-state index contributed by atoms with van der Waals surface area (Å²) in [6.45, 7) is 3.97. The second-order valence-corrected chi connectivity index (χ2v) is 4.23. The minimum atomic E-state index is -0.348. The zero-order valence-electron chi connectivity index (χ0n) is 9.29. The largest absolute Gasteiger partial charge is 0.463 e. The molecule has 0 aliphatic rings. The summed E-state index contributed by atoms with van der Waals surface area (Å²) >= 11 is 3.36. The average molecular weight is 284 g/mol. The third-order valence-electron chi connectivity index (χ3n) is 2.06. The summed E-state index contributed by atoms with van der Waals surface area (Å²) in [4.78, 5) is 11.3. The van der Waals surface area contributed by atoms with E-state index < -0.39 is 0 Å². The first-order valence-corrected chi connectivity index (χ1v) is 5.74. The Balaban J connectivity index is 2.99. The highest BCUT2D eigenvalue weighted by Crippen LogP contribution is 2.25. The number of carbonyl (C=O) groups excluding carboxylic acids is 1. The monoisotopic (exact) mass is 283 g/mol. The predicted molar refractivity (Wildman–Crippen MR) is 68.8 cm³/mol. The summed E-state index contributed by atoms with van der Waals surface area (Å²) in [5.74, 6) is -0.348. The molecule has 0 radical (unpaired) electrons. The Morgan fingerprint density at radius 1 is 1.56 bits per heavy atom. The van der Waals surface area contributed by atoms with Gasteiger partial charge in [-0.3, -0.25) is 0 Å². The fourth-order valence-electron chi connectivity index (χ4n) is 1.31. The zero-order chi connectivity index (χ0) is 12.1. The summed E-state index contributed by atoms with van der Waals surface area (Å²) in [6, 6.07) is 5.53. The van der Waals surface area contributed by atoms with Crippen LogP contribution in [-0.4, -0.2) is 12.6 Å². The van der Waals surface area contributed by atoms with E-state index in [1.807, 2.05) is 19.1 Å². The Kier molecular flexibility index (Phi) is 4.55. The number of allylic oxidation sites excluding steroid dienone is 1. The zero-order valence-corrected chi connectivity index (χ0v) is 10.9. The van der Waals surface area contributed by atoms with Crippen molar-refractivity contribution in [1.82, 2.24) is 0 Å². The van der Waals surface area contributed by atoms with Crippen molar-refractivity contribution in [3.63, 3.8) is 0 Å². The molecule has 2 N–H and O–H groups in total. The highest BCUT2D eigenvalue weighted by atomic mass is 79.9. The number of halogens is 1. The number of hydrogen-bond acceptors (Lipinski definition) is 3. The number of esters is 1. The SMILES string of the molecule is CCOC(=O)C=C(C)c1cc(Br)ccc1N. The fraction of sp³-hybridized carbons (Fsp3) is 0.250. The summed E-state index contributed by atoms with van der Waals surface area (Å²) in [7, 11) is 0. The van der Waals surface area contributed by atoms with Gasteiger partial charge in [0, 0.05) is 21.8 Å². The molecular formula is C12H14BrNO2. The van der Waals surface area contributed by atoms with Gasteiger partial charge in [-0.2, -0.15) is 0 Å². The Bertz CT molecular complexity index is 427. The van der Waals surface area contributed by atoms with E-state index in [1.54, 1.807) is 13.0 Å². The van der Waals surface area contributed by atoms with Gasteiger partial charge in [0.2, 0.25) is 0 Å². The highest BCUT2D eigenvalue weighted by molar-refractivity contribution is 9.10. The van der Waals surface area contributed by atoms with Gasteiger partial charge in [0.05, 0.1) is 6.61 Å². The van der Waals surface area contributed by atoms with Crippen LogP contribution in [0.5, 0.6) is 0 Å². The van der Waals surface area contributed by atoms with Crippen molar-refractivity contribution in [2.45, 2.75) is 13.8 Å². The van der Waals surface area contributed by atoms with Crippen molar-refractivity contribution in [1.29, 1.82) is 0 Å². The molecule has 0 aliphatic heterocycles. The number of nitrogens with two attached hydrogens (primary N) is 1. The van der Waals surface area contributed by atoms with Crippen LogP contribution in [0.25, 0.3) is 5.57 Å². The van der Waals surface area contributed by atoms with Gasteiger partial charge in [0.1, 0.15) is 0 Å². The van der Waals surface area contributed by atoms with Crippen molar-refractivity contribution < 1.29 is 9.53 Å². The van der Waals surface area contributed by atoms with Crippen molar-refractivity contribution >= 4 is 33.2 Å². The van der Waals surface area contributed by atoms with E-state index in [9.17, 15) is 4.79 Å². The standard InChI is InChI=1S/C12H14BrNO2/c1-3-16-12(15)6-8(2)10-7-9(13)4-5-11(10)14/h4-7H,3,14H2,1-2H3. The third kappa shape index (κ3) is 3.38. The number of rotatable bonds is 3. The lowest BCUT2D eigenvalue weighted by molar-refractivity contribution is -0.137. The molecule has 4 heteroatoms. The van der Waals surface area contributed by atoms with Gasteiger partial charge in [-0.05, 0) is 37.6 Å². The summed E-state index contributed by atoms with van der Waals surface area (Å²) in [5, 5.41) is 0. The average Bonchev–Trinajstić information content (AvgIpc) is 2.21. The fourth-order valence-corrected chi connectivity index (χ4v) is 1.67. The minimum absolute atomic E-state index is 0.348. The maximum absolute atomic E-state index is 11.3. The summed E-state index contributed by atoms with van der Waals surface area (Å²) in [5.41, 5.74) is 8.09. The Labute approximate surface area is 103 Å². The number of anilines is 1. The van der Waals surface area contributed by atoms with E-state index >= 15 is 0 Å². The molecule has 0 aliphatic carbocycles. The Morgan fingerprint density at radius 3 is 2.88 bits per heavy atom. The first kappa shape index (κ1) is 12.8. The van der Waals surface area contributed by atoms with Gasteiger partial charge in [-0.1, -0.05) is 15.9 Å². The van der Waals surface area contributed by atoms with Crippen LogP contribution >= 0.6 is 15.9 Å². The van der Waals surface area contributed by atoms with Crippen LogP contribution in [0.3, 0.4) is 0 Å². The van der Waals surface area contributed by atoms with Crippen molar-refractivity contribution in [3.8, 4) is 0 Å². The molecular weight excluding hydrogens is 270 g/mol. The van der Waals surface area contributed by atoms with E-state index in [0.717, 1.165) is 15.6 Å². The van der Waals surface area contributed by atoms with Crippen LogP contribution in [0, 0.1) is 0 Å². The van der Waals surface area contributed by atoms with Gasteiger partial charge >= 0.3 is 5.97 Å². The molecule has 3 nitrogen and oxygen atoms in total. The molecule has 1 aromatic rings. The van der Waals surface area contributed by atoms with E-state index in [1.165, 1.54) is 6.08 Å². The van der Waals surface area contributed by atoms with Crippen LogP contribution < -0.4 is 5.73 Å². The lowest BCUT2D eigenvalue weighted by Crippen LogP contribution is -2.01. The third-order valence-corrected chi connectivity index (χ3v) is 2.55. The van der Waals surface area contributed by atoms with E-state index in [4.69, 9.17) is 10.5 Å². The number of carbonyl (C=O) groups is 1. The Hall–Kier alpha value is -1.29. The normalized spacial score (nSPS) is 11.3. The maximum atomic E-state index is 11.3. The molecule has 0 amide bonds. The van der Waals surface area contributed by atoms with Crippen molar-refractivity contribution in [2.24, 2.45) is 0 Å². The summed E-state index contributed by atoms with van der Waals surface area (Å²) < 4.78 is 5.76. The maximum Gasteiger partial charge on any atom is 0.331 e. The minimum Gasteiger partial charge on any atom is -0.463 e. The second-order valence-electron chi connectivity index (χ2n) is 3.31. The first-order valence-electron chi connectivity index (χ1n) is 4.95. The smallest absolute Gasteiger partial charge is 0.331 e. The molecule has 0 atom stereocenters. The van der Waals surface area contributed by atoms with Gasteiger partial charge < -0.3 is 10.5 Å². The van der Waals surface area contributed by atoms with E-state index in [2.05, 4.69) is 15.9 Å². The number of benzene rings is 1. The van der Waals surface area contributed by atoms with Gasteiger partial charge in [-0.15, -0.1) is 0 Å². The lowest BCUT2D eigenvalue weighted by Gasteiger charge is -2.06. The van der Waals surface area contributed by atoms with Crippen molar-refractivity contribution in [3.05, 3.63) is 34.3 Å². The molecule has 0 spiro atoms. The predicted octanol–water partition coefficient (Wildman–Crippen LogP) is 3.00. The van der Waals surface area contributed by atoms with Crippen LogP contribution in [0.1, 0.15) is 19.4 Å². The Morgan fingerprint density at radius 2 is 2.25 bits per heavy atom. The summed E-state index contributed by atoms with van der Waals surface area (Å²) in [6.07, 6.45) is 1.45. The molecule has 0 aromatic heterocycles. The lowest BCUT2D eigenvalue weighted by atomic mass is 10.1. The van der Waals surface area contributed by atoms with E-state index in [0.29, 0.717) is 12.3 Å². The topological polar surface area (TPSA) is 52.3 Å². The molecule has 0 fully saturated rings. The van der Waals surface area contributed by atoms with Gasteiger partial charge in [0.15, 0.2) is 0 Å². The van der Waals surface area contributed by atoms with Gasteiger partial charge in [-0.25, -0.2) is 4.79 Å². The number of ether oxygens (including phenoxy) is 1. The van der Waals surface area contributed by atoms with E-state index in [-0.39, 0.29) is 5.97 Å². The van der Waals surface area contributed by atoms with Gasteiger partial charge in [0.25, 0.3) is 0 Å². The van der Waals surface area contributed by atoms with Crippen LogP contribution in [-0.2, 0) is 9.53 Å².